The molecule has 0 radical (unpaired) electrons. The number of hydrogen-bond donors (Lipinski definition) is 3. The highest BCUT2D eigenvalue weighted by Crippen LogP contribution is 2.45. The summed E-state index contributed by atoms with van der Waals surface area (Å²) in [5.74, 6) is 0.884. The highest BCUT2D eigenvalue weighted by atomic mass is 31.2. The van der Waals surface area contributed by atoms with Crippen LogP contribution in [0.5, 0.6) is 0 Å². The van der Waals surface area contributed by atoms with Crippen molar-refractivity contribution >= 4 is 39.5 Å². The Morgan fingerprint density at radius 1 is 0.311 bits per heavy atom. The lowest BCUT2D eigenvalue weighted by Gasteiger charge is -2.21. The van der Waals surface area contributed by atoms with Crippen LogP contribution in [-0.2, 0) is 65.4 Å². The van der Waals surface area contributed by atoms with Crippen molar-refractivity contribution in [1.29, 1.82) is 0 Å². The molecule has 3 N–H and O–H groups in total. The largest absolute Gasteiger partial charge is 0.472 e. The molecule has 0 saturated heterocycles. The Morgan fingerprint density at radius 2 is 0.533 bits per heavy atom. The molecule has 0 aliphatic rings. The summed E-state index contributed by atoms with van der Waals surface area (Å²) < 4.78 is 68.3. The summed E-state index contributed by atoms with van der Waals surface area (Å²) in [7, 11) is -9.90. The minimum absolute atomic E-state index is 0.103. The quantitative estimate of drug-likeness (QED) is 0.0222. The van der Waals surface area contributed by atoms with Crippen LogP contribution in [0.4, 0.5) is 0 Å². The van der Waals surface area contributed by atoms with E-state index in [-0.39, 0.29) is 25.7 Å². The monoisotopic (exact) mass is 1320 g/mol. The minimum Gasteiger partial charge on any atom is -0.462 e. The van der Waals surface area contributed by atoms with Gasteiger partial charge in [0.15, 0.2) is 12.2 Å². The molecule has 0 rings (SSSR count). The van der Waals surface area contributed by atoms with E-state index in [9.17, 15) is 43.2 Å². The number of aliphatic hydroxyl groups is 1. The molecular formula is C71H138O17P2. The van der Waals surface area contributed by atoms with Gasteiger partial charge in [-0.3, -0.25) is 37.3 Å². The molecule has 17 nitrogen and oxygen atoms in total. The molecule has 0 aromatic carbocycles. The van der Waals surface area contributed by atoms with Crippen molar-refractivity contribution in [2.24, 2.45) is 23.7 Å². The summed E-state index contributed by atoms with van der Waals surface area (Å²) in [6, 6.07) is 0. The molecule has 19 heteroatoms. The van der Waals surface area contributed by atoms with Crippen LogP contribution < -0.4 is 0 Å². The maximum Gasteiger partial charge on any atom is 0.472 e. The van der Waals surface area contributed by atoms with Crippen molar-refractivity contribution in [2.45, 2.75) is 369 Å². The predicted molar refractivity (Wildman–Crippen MR) is 363 cm³/mol. The first-order chi connectivity index (χ1) is 43.2. The Balaban J connectivity index is 5.20. The Hall–Kier alpha value is -1.94. The number of hydrogen-bond acceptors (Lipinski definition) is 15. The third-order valence-electron chi connectivity index (χ3n) is 17.0. The van der Waals surface area contributed by atoms with Gasteiger partial charge in [-0.1, -0.05) is 299 Å². The number of phosphoric ester groups is 2. The average molecular weight is 1330 g/mol. The van der Waals surface area contributed by atoms with Gasteiger partial charge in [-0.2, -0.15) is 0 Å². The number of carbonyl (C=O) groups is 4. The summed E-state index contributed by atoms with van der Waals surface area (Å²) >= 11 is 0. The minimum atomic E-state index is -4.95. The van der Waals surface area contributed by atoms with Crippen LogP contribution in [0.2, 0.25) is 0 Å². The van der Waals surface area contributed by atoms with Gasteiger partial charge in [-0.05, 0) is 49.4 Å². The molecule has 7 atom stereocenters. The molecule has 0 heterocycles. The van der Waals surface area contributed by atoms with Crippen molar-refractivity contribution in [3.05, 3.63) is 0 Å². The van der Waals surface area contributed by atoms with Gasteiger partial charge in [-0.25, -0.2) is 9.13 Å². The van der Waals surface area contributed by atoms with Crippen molar-refractivity contribution in [2.75, 3.05) is 39.6 Å². The van der Waals surface area contributed by atoms with Crippen molar-refractivity contribution in [3.63, 3.8) is 0 Å². The molecule has 90 heavy (non-hydrogen) atoms. The van der Waals surface area contributed by atoms with Crippen molar-refractivity contribution < 1.29 is 80.2 Å². The number of phosphoric acid groups is 2. The van der Waals surface area contributed by atoms with E-state index in [0.29, 0.717) is 31.6 Å². The SMILES string of the molecule is CCC(C)CCCCCCCCCCCCCCCCC(=O)OC[C@H](COP(=O)(O)OC[C@@H](O)COP(=O)(O)OC[C@@H](COC(=O)CCCCCCCCC(C)C)OC(=O)CCCCCCCCCCC(C)CC)OC(=O)CCCCCCCCCCC(C)C. The van der Waals surface area contributed by atoms with E-state index in [4.69, 9.17) is 37.0 Å². The Kier molecular flexibility index (Phi) is 59.4. The van der Waals surface area contributed by atoms with E-state index in [1.165, 1.54) is 148 Å². The molecule has 0 aromatic rings. The highest BCUT2D eigenvalue weighted by molar-refractivity contribution is 7.47. The van der Waals surface area contributed by atoms with E-state index in [0.717, 1.165) is 114 Å². The van der Waals surface area contributed by atoms with Crippen LogP contribution in [-0.4, -0.2) is 96.7 Å². The fourth-order valence-electron chi connectivity index (χ4n) is 10.6. The second-order valence-electron chi connectivity index (χ2n) is 27.1. The molecule has 0 fully saturated rings. The van der Waals surface area contributed by atoms with E-state index in [2.05, 4.69) is 55.4 Å². The van der Waals surface area contributed by atoms with Gasteiger partial charge in [0.1, 0.15) is 19.3 Å². The van der Waals surface area contributed by atoms with Gasteiger partial charge in [0, 0.05) is 25.7 Å². The van der Waals surface area contributed by atoms with E-state index in [1.807, 2.05) is 0 Å². The second kappa shape index (κ2) is 60.7. The number of aliphatic hydroxyl groups excluding tert-OH is 1. The van der Waals surface area contributed by atoms with Gasteiger partial charge in [0.05, 0.1) is 26.4 Å². The number of ether oxygens (including phenoxy) is 4. The van der Waals surface area contributed by atoms with Crippen molar-refractivity contribution in [3.8, 4) is 0 Å². The molecule has 0 aromatic heterocycles. The normalized spacial score (nSPS) is 14.9. The van der Waals surface area contributed by atoms with Crippen LogP contribution in [0, 0.1) is 23.7 Å². The summed E-state index contributed by atoms with van der Waals surface area (Å²) in [5.41, 5.74) is 0. The fraction of sp³-hybridized carbons (Fsp3) is 0.944. The lowest BCUT2D eigenvalue weighted by Crippen LogP contribution is -2.30. The number of unbranched alkanes of at least 4 members (excludes halogenated alkanes) is 32. The van der Waals surface area contributed by atoms with Crippen LogP contribution in [0.1, 0.15) is 351 Å². The van der Waals surface area contributed by atoms with Crippen LogP contribution in [0.3, 0.4) is 0 Å². The smallest absolute Gasteiger partial charge is 0.462 e. The molecule has 0 aliphatic carbocycles. The second-order valence-corrected chi connectivity index (χ2v) is 30.0. The Morgan fingerprint density at radius 3 is 0.789 bits per heavy atom. The predicted octanol–water partition coefficient (Wildman–Crippen LogP) is 20.1. The van der Waals surface area contributed by atoms with Gasteiger partial charge in [-0.15, -0.1) is 0 Å². The van der Waals surface area contributed by atoms with E-state index < -0.39 is 97.5 Å². The maximum absolute atomic E-state index is 13.0. The topological polar surface area (TPSA) is 237 Å². The first kappa shape index (κ1) is 88.1. The standard InChI is InChI=1S/C71H138O17P2/c1-9-63(7)49-41-33-24-17-15-13-11-12-14-16-18-26-35-43-51-68(73)81-57-66(87-70(75)53-45-37-27-21-19-23-31-39-47-61(3)4)59-85-89(77,78)83-55-65(72)56-84-90(79,80)86-60-67(58-82-69(74)52-44-36-30-29-32-40-48-62(5)6)88-71(76)54-46-38-28-22-20-25-34-42-50-64(8)10-2/h61-67,72H,9-60H2,1-8H3,(H,77,78)(H,79,80)/t63?,64?,65-,66-,67-/m1/s1. The van der Waals surface area contributed by atoms with Crippen LogP contribution in [0.15, 0.2) is 0 Å². The zero-order chi connectivity index (χ0) is 66.8. The molecule has 0 amide bonds. The number of esters is 4. The molecule has 4 unspecified atom stereocenters. The molecule has 534 valence electrons. The highest BCUT2D eigenvalue weighted by Gasteiger charge is 2.30. The lowest BCUT2D eigenvalue weighted by atomic mass is 9.99. The summed E-state index contributed by atoms with van der Waals surface area (Å²) in [6.07, 6.45) is 43.2. The Labute approximate surface area is 549 Å². The molecule has 0 aliphatic heterocycles. The third kappa shape index (κ3) is 62.2. The van der Waals surface area contributed by atoms with Gasteiger partial charge < -0.3 is 33.8 Å². The van der Waals surface area contributed by atoms with E-state index >= 15 is 0 Å². The van der Waals surface area contributed by atoms with Crippen LogP contribution >= 0.6 is 15.6 Å². The van der Waals surface area contributed by atoms with Crippen LogP contribution in [0.25, 0.3) is 0 Å². The maximum atomic E-state index is 13.0. The summed E-state index contributed by atoms with van der Waals surface area (Å²) in [5, 5.41) is 10.6. The van der Waals surface area contributed by atoms with Gasteiger partial charge in [0.2, 0.25) is 0 Å². The van der Waals surface area contributed by atoms with Crippen molar-refractivity contribution in [1.82, 2.24) is 0 Å². The first-order valence-corrected chi connectivity index (χ1v) is 39.8. The average Bonchev–Trinajstić information content (AvgIpc) is 3.06. The third-order valence-corrected chi connectivity index (χ3v) is 18.9. The summed E-state index contributed by atoms with van der Waals surface area (Å²) in [6.45, 7) is 14.1. The molecule has 0 saturated carbocycles. The van der Waals surface area contributed by atoms with E-state index in [1.54, 1.807) is 0 Å². The van der Waals surface area contributed by atoms with Gasteiger partial charge in [0.25, 0.3) is 0 Å². The lowest BCUT2D eigenvalue weighted by molar-refractivity contribution is -0.161. The van der Waals surface area contributed by atoms with Gasteiger partial charge >= 0.3 is 39.5 Å². The molecule has 0 bridgehead atoms. The molecular weight excluding hydrogens is 1190 g/mol. The fourth-order valence-corrected chi connectivity index (χ4v) is 12.2. The Bertz CT molecular complexity index is 1790. The molecule has 0 spiro atoms. The number of carbonyl (C=O) groups excluding carboxylic acids is 4. The first-order valence-electron chi connectivity index (χ1n) is 36.8. The summed E-state index contributed by atoms with van der Waals surface area (Å²) in [4.78, 5) is 72.5. The zero-order valence-corrected chi connectivity index (χ0v) is 60.6. The zero-order valence-electron chi connectivity index (χ0n) is 58.8. The number of rotatable bonds is 68.